The summed E-state index contributed by atoms with van der Waals surface area (Å²) in [5, 5.41) is 15.3. The molecule has 0 radical (unpaired) electrons. The second-order valence-corrected chi connectivity index (χ2v) is 6.33. The fourth-order valence-corrected chi connectivity index (χ4v) is 3.17. The van der Waals surface area contributed by atoms with Gasteiger partial charge in [-0.1, -0.05) is 42.5 Å². The Kier molecular flexibility index (Phi) is 4.61. The molecule has 140 valence electrons. The molecule has 6 heteroatoms. The van der Waals surface area contributed by atoms with Crippen molar-refractivity contribution in [1.82, 2.24) is 4.98 Å². The zero-order valence-electron chi connectivity index (χ0n) is 14.5. The monoisotopic (exact) mass is 380 g/mol. The molecule has 0 bridgehead atoms. The summed E-state index contributed by atoms with van der Waals surface area (Å²) in [5.41, 5.74) is 0.508. The molecule has 0 amide bonds. The first-order chi connectivity index (χ1) is 13.5. The van der Waals surface area contributed by atoms with Crippen LogP contribution >= 0.6 is 0 Å². The molecule has 0 aliphatic carbocycles. The topological polar surface area (TPSA) is 45.1 Å². The number of pyridine rings is 1. The zero-order valence-corrected chi connectivity index (χ0v) is 14.5. The highest BCUT2D eigenvalue weighted by Crippen LogP contribution is 2.37. The van der Waals surface area contributed by atoms with E-state index >= 15 is 0 Å². The number of nitrogens with one attached hydrogen (secondary N) is 1. The van der Waals surface area contributed by atoms with Gasteiger partial charge in [-0.05, 0) is 23.6 Å². The van der Waals surface area contributed by atoms with E-state index in [1.165, 1.54) is 18.2 Å². The molecular weight excluding hydrogens is 365 g/mol. The number of rotatable bonds is 4. The average Bonchev–Trinajstić information content (AvgIpc) is 2.69. The molecule has 1 aromatic heterocycles. The highest BCUT2D eigenvalue weighted by Gasteiger charge is 2.23. The van der Waals surface area contributed by atoms with Gasteiger partial charge in [-0.3, -0.25) is 0 Å². The number of aromatic nitrogens is 1. The van der Waals surface area contributed by atoms with E-state index in [0.717, 1.165) is 23.7 Å². The molecule has 28 heavy (non-hydrogen) atoms. The van der Waals surface area contributed by atoms with Crippen LogP contribution in [0.3, 0.4) is 0 Å². The lowest BCUT2D eigenvalue weighted by Crippen LogP contribution is -2.15. The Labute approximate surface area is 159 Å². The molecule has 4 aromatic rings. The summed E-state index contributed by atoms with van der Waals surface area (Å²) in [6, 6.07) is 15.7. The van der Waals surface area contributed by atoms with Crippen LogP contribution in [0.25, 0.3) is 10.8 Å². The summed E-state index contributed by atoms with van der Waals surface area (Å²) < 4.78 is 41.2. The minimum Gasteiger partial charge on any atom is -0.507 e. The third kappa shape index (κ3) is 3.36. The van der Waals surface area contributed by atoms with E-state index in [0.29, 0.717) is 10.9 Å². The lowest BCUT2D eigenvalue weighted by atomic mass is 9.94. The van der Waals surface area contributed by atoms with Crippen LogP contribution < -0.4 is 5.32 Å². The summed E-state index contributed by atoms with van der Waals surface area (Å²) in [6.07, 6.45) is 1.03. The Morgan fingerprint density at radius 3 is 2.32 bits per heavy atom. The van der Waals surface area contributed by atoms with Gasteiger partial charge in [0.2, 0.25) is 0 Å². The fraction of sp³-hybridized carbons (Fsp3) is 0.0455. The first kappa shape index (κ1) is 17.9. The van der Waals surface area contributed by atoms with Crippen molar-refractivity contribution in [2.45, 2.75) is 6.04 Å². The van der Waals surface area contributed by atoms with Gasteiger partial charge >= 0.3 is 0 Å². The molecule has 4 rings (SSSR count). The van der Waals surface area contributed by atoms with E-state index in [1.807, 2.05) is 12.1 Å². The van der Waals surface area contributed by atoms with Gasteiger partial charge in [-0.2, -0.15) is 0 Å². The number of hydrogen-bond donors (Lipinski definition) is 2. The number of phenolic OH excluding ortho intramolecular Hbond substituents is 1. The van der Waals surface area contributed by atoms with Crippen molar-refractivity contribution in [3.05, 3.63) is 102 Å². The van der Waals surface area contributed by atoms with Crippen LogP contribution in [0.1, 0.15) is 17.2 Å². The SMILES string of the molecule is Oc1c(C(Nc2ccc(F)cn2)c2ccc(F)cc2F)ccc2ccccc12. The van der Waals surface area contributed by atoms with E-state index in [2.05, 4.69) is 10.3 Å². The Bertz CT molecular complexity index is 1150. The summed E-state index contributed by atoms with van der Waals surface area (Å²) in [7, 11) is 0. The predicted octanol–water partition coefficient (Wildman–Crippen LogP) is 5.56. The fourth-order valence-electron chi connectivity index (χ4n) is 3.17. The van der Waals surface area contributed by atoms with Crippen LogP contribution in [0.2, 0.25) is 0 Å². The first-order valence-electron chi connectivity index (χ1n) is 8.56. The maximum absolute atomic E-state index is 14.6. The molecule has 0 saturated carbocycles. The molecular formula is C22H15F3N2O. The smallest absolute Gasteiger partial charge is 0.141 e. The van der Waals surface area contributed by atoms with Crippen LogP contribution in [-0.2, 0) is 0 Å². The molecule has 2 N–H and O–H groups in total. The molecule has 0 aliphatic heterocycles. The quantitative estimate of drug-likeness (QED) is 0.487. The van der Waals surface area contributed by atoms with Crippen molar-refractivity contribution in [2.24, 2.45) is 0 Å². The van der Waals surface area contributed by atoms with Crippen molar-refractivity contribution in [3.63, 3.8) is 0 Å². The number of anilines is 1. The van der Waals surface area contributed by atoms with E-state index in [-0.39, 0.29) is 17.1 Å². The van der Waals surface area contributed by atoms with Gasteiger partial charge < -0.3 is 10.4 Å². The minimum atomic E-state index is -0.872. The molecule has 1 unspecified atom stereocenters. The van der Waals surface area contributed by atoms with E-state index < -0.39 is 23.5 Å². The summed E-state index contributed by atoms with van der Waals surface area (Å²) in [5.74, 6) is -1.73. The molecule has 1 atom stereocenters. The van der Waals surface area contributed by atoms with Crippen molar-refractivity contribution in [1.29, 1.82) is 0 Å². The third-order valence-electron chi connectivity index (χ3n) is 4.54. The number of hydrogen-bond acceptors (Lipinski definition) is 3. The largest absolute Gasteiger partial charge is 0.507 e. The Hall–Kier alpha value is -3.54. The van der Waals surface area contributed by atoms with E-state index in [1.54, 1.807) is 24.3 Å². The normalized spacial score (nSPS) is 12.1. The Morgan fingerprint density at radius 1 is 0.821 bits per heavy atom. The summed E-state index contributed by atoms with van der Waals surface area (Å²) >= 11 is 0. The van der Waals surface area contributed by atoms with E-state index in [4.69, 9.17) is 0 Å². The highest BCUT2D eigenvalue weighted by molar-refractivity contribution is 5.89. The maximum atomic E-state index is 14.6. The van der Waals surface area contributed by atoms with E-state index in [9.17, 15) is 18.3 Å². The molecule has 0 aliphatic rings. The lowest BCUT2D eigenvalue weighted by Gasteiger charge is -2.22. The van der Waals surface area contributed by atoms with Crippen LogP contribution in [0.4, 0.5) is 19.0 Å². The summed E-state index contributed by atoms with van der Waals surface area (Å²) in [4.78, 5) is 3.94. The third-order valence-corrected chi connectivity index (χ3v) is 4.54. The van der Waals surface area contributed by atoms with Crippen LogP contribution in [0.5, 0.6) is 5.75 Å². The van der Waals surface area contributed by atoms with Crippen LogP contribution in [0, 0.1) is 17.5 Å². The van der Waals surface area contributed by atoms with Crippen molar-refractivity contribution >= 4 is 16.6 Å². The number of nitrogens with zero attached hydrogens (tertiary/aromatic N) is 1. The lowest BCUT2D eigenvalue weighted by molar-refractivity contribution is 0.472. The van der Waals surface area contributed by atoms with Crippen molar-refractivity contribution < 1.29 is 18.3 Å². The van der Waals surface area contributed by atoms with Gasteiger partial charge in [0.15, 0.2) is 0 Å². The van der Waals surface area contributed by atoms with Crippen molar-refractivity contribution in [2.75, 3.05) is 5.32 Å². The van der Waals surface area contributed by atoms with Gasteiger partial charge in [0.1, 0.15) is 29.0 Å². The first-order valence-corrected chi connectivity index (χ1v) is 8.56. The Morgan fingerprint density at radius 2 is 1.57 bits per heavy atom. The van der Waals surface area contributed by atoms with Gasteiger partial charge in [0.05, 0.1) is 12.2 Å². The molecule has 0 saturated heterocycles. The molecule has 3 aromatic carbocycles. The van der Waals surface area contributed by atoms with Gasteiger partial charge in [-0.15, -0.1) is 0 Å². The second kappa shape index (κ2) is 7.23. The van der Waals surface area contributed by atoms with Gasteiger partial charge in [-0.25, -0.2) is 18.2 Å². The number of phenols is 1. The number of aromatic hydroxyl groups is 1. The number of benzene rings is 3. The molecule has 3 nitrogen and oxygen atoms in total. The second-order valence-electron chi connectivity index (χ2n) is 6.33. The Balaban J connectivity index is 1.87. The standard InChI is InChI=1S/C22H15F3N2O/c23-14-6-9-17(19(25)11-14)21(27-20-10-7-15(24)12-26-20)18-8-5-13-3-1-2-4-16(13)22(18)28/h1-12,21,28H,(H,26,27). The number of fused-ring (bicyclic) bond motifs is 1. The maximum Gasteiger partial charge on any atom is 0.141 e. The van der Waals surface area contributed by atoms with Gasteiger partial charge in [0, 0.05) is 22.6 Å². The minimum absolute atomic E-state index is 0.0264. The summed E-state index contributed by atoms with van der Waals surface area (Å²) in [6.45, 7) is 0. The molecule has 0 spiro atoms. The molecule has 1 heterocycles. The van der Waals surface area contributed by atoms with Crippen LogP contribution in [-0.4, -0.2) is 10.1 Å². The zero-order chi connectivity index (χ0) is 19.7. The van der Waals surface area contributed by atoms with Crippen LogP contribution in [0.15, 0.2) is 72.9 Å². The predicted molar refractivity (Wildman–Crippen MR) is 102 cm³/mol. The van der Waals surface area contributed by atoms with Gasteiger partial charge in [0.25, 0.3) is 0 Å². The highest BCUT2D eigenvalue weighted by atomic mass is 19.1. The molecule has 0 fully saturated rings. The average molecular weight is 380 g/mol. The van der Waals surface area contributed by atoms with Crippen molar-refractivity contribution in [3.8, 4) is 5.75 Å². The number of halogens is 3.